The number of pyridine rings is 1. The molecule has 2 rings (SSSR count). The van der Waals surface area contributed by atoms with Crippen molar-refractivity contribution in [1.29, 1.82) is 0 Å². The highest BCUT2D eigenvalue weighted by atomic mass is 35.5. The number of halogens is 2. The molecule has 0 saturated heterocycles. The van der Waals surface area contributed by atoms with Crippen LogP contribution in [0.3, 0.4) is 0 Å². The number of carbonyl (C=O) groups excluding carboxylic acids is 1. The summed E-state index contributed by atoms with van der Waals surface area (Å²) in [6, 6.07) is 5.51. The summed E-state index contributed by atoms with van der Waals surface area (Å²) in [5, 5.41) is 0.384. The molecule has 0 radical (unpaired) electrons. The molecule has 1 aromatic heterocycles. The molecule has 0 aliphatic heterocycles. The van der Waals surface area contributed by atoms with Gasteiger partial charge in [-0.2, -0.15) is 0 Å². The molecule has 86 valence electrons. The number of benzene rings is 1. The van der Waals surface area contributed by atoms with E-state index in [1.807, 2.05) is 0 Å². The van der Waals surface area contributed by atoms with E-state index in [-0.39, 0.29) is 5.56 Å². The van der Waals surface area contributed by atoms with E-state index in [9.17, 15) is 9.18 Å². The summed E-state index contributed by atoms with van der Waals surface area (Å²) in [6.07, 6.45) is 2.84. The molecule has 17 heavy (non-hydrogen) atoms. The first-order valence-electron chi connectivity index (χ1n) is 4.78. The van der Waals surface area contributed by atoms with Gasteiger partial charge in [0.15, 0.2) is 0 Å². The Kier molecular flexibility index (Phi) is 3.06. The average Bonchev–Trinajstić information content (AvgIpc) is 2.32. The molecule has 2 aromatic rings. The molecular weight excluding hydrogens is 243 g/mol. The van der Waals surface area contributed by atoms with Crippen LogP contribution < -0.4 is 5.73 Å². The van der Waals surface area contributed by atoms with Gasteiger partial charge in [-0.15, -0.1) is 0 Å². The topological polar surface area (TPSA) is 56.0 Å². The van der Waals surface area contributed by atoms with Gasteiger partial charge in [-0.05, 0) is 24.3 Å². The quantitative estimate of drug-likeness (QED) is 0.891. The van der Waals surface area contributed by atoms with Gasteiger partial charge in [-0.25, -0.2) is 4.39 Å². The van der Waals surface area contributed by atoms with Crippen LogP contribution in [0.25, 0.3) is 11.1 Å². The minimum absolute atomic E-state index is 0.253. The molecule has 0 aliphatic rings. The first-order valence-corrected chi connectivity index (χ1v) is 5.16. The van der Waals surface area contributed by atoms with Crippen molar-refractivity contribution in [2.24, 2.45) is 5.73 Å². The molecular formula is C12H8ClFN2O. The summed E-state index contributed by atoms with van der Waals surface area (Å²) < 4.78 is 13.1. The van der Waals surface area contributed by atoms with Gasteiger partial charge < -0.3 is 5.73 Å². The Morgan fingerprint density at radius 3 is 2.76 bits per heavy atom. The Morgan fingerprint density at radius 2 is 2.06 bits per heavy atom. The molecule has 0 fully saturated rings. The van der Waals surface area contributed by atoms with Crippen molar-refractivity contribution in [3.8, 4) is 11.1 Å². The second-order valence-corrected chi connectivity index (χ2v) is 3.86. The lowest BCUT2D eigenvalue weighted by atomic mass is 10.1. The number of aromatic nitrogens is 1. The van der Waals surface area contributed by atoms with Crippen LogP contribution in [0.1, 0.15) is 10.4 Å². The van der Waals surface area contributed by atoms with Gasteiger partial charge in [0.05, 0.1) is 5.56 Å². The zero-order valence-corrected chi connectivity index (χ0v) is 9.41. The first-order chi connectivity index (χ1) is 8.08. The minimum Gasteiger partial charge on any atom is -0.366 e. The van der Waals surface area contributed by atoms with Crippen LogP contribution in [0.2, 0.25) is 5.02 Å². The number of nitrogens with two attached hydrogens (primary N) is 1. The summed E-state index contributed by atoms with van der Waals surface area (Å²) in [6.45, 7) is 0. The van der Waals surface area contributed by atoms with Gasteiger partial charge in [0.25, 0.3) is 0 Å². The van der Waals surface area contributed by atoms with Crippen molar-refractivity contribution in [3.63, 3.8) is 0 Å². The van der Waals surface area contributed by atoms with E-state index >= 15 is 0 Å². The molecule has 2 N–H and O–H groups in total. The average molecular weight is 251 g/mol. The van der Waals surface area contributed by atoms with Crippen LogP contribution >= 0.6 is 11.6 Å². The lowest BCUT2D eigenvalue weighted by Gasteiger charge is -2.05. The standard InChI is InChI=1S/C12H8ClFN2O/c13-11-2-1-9(14)4-10(11)7-3-8(12(15)17)6-16-5-7/h1-6H,(H2,15,17). The number of amides is 1. The predicted molar refractivity (Wildman–Crippen MR) is 63.2 cm³/mol. The van der Waals surface area contributed by atoms with Crippen molar-refractivity contribution in [2.75, 3.05) is 0 Å². The third-order valence-corrected chi connectivity index (χ3v) is 2.59. The highest BCUT2D eigenvalue weighted by Gasteiger charge is 2.08. The third-order valence-electron chi connectivity index (χ3n) is 2.26. The summed E-state index contributed by atoms with van der Waals surface area (Å²) >= 11 is 5.95. The van der Waals surface area contributed by atoms with Gasteiger partial charge in [-0.1, -0.05) is 11.6 Å². The van der Waals surface area contributed by atoms with Crippen LogP contribution in [0.4, 0.5) is 4.39 Å². The summed E-state index contributed by atoms with van der Waals surface area (Å²) in [5.41, 5.74) is 6.42. The van der Waals surface area contributed by atoms with E-state index in [0.717, 1.165) is 0 Å². The van der Waals surface area contributed by atoms with E-state index in [0.29, 0.717) is 16.1 Å². The minimum atomic E-state index is -0.591. The molecule has 0 atom stereocenters. The molecule has 0 bridgehead atoms. The maximum absolute atomic E-state index is 13.1. The molecule has 5 heteroatoms. The zero-order valence-electron chi connectivity index (χ0n) is 8.65. The van der Waals surface area contributed by atoms with Crippen LogP contribution in [-0.2, 0) is 0 Å². The molecule has 3 nitrogen and oxygen atoms in total. The smallest absolute Gasteiger partial charge is 0.250 e. The summed E-state index contributed by atoms with van der Waals surface area (Å²) in [4.78, 5) is 14.9. The zero-order chi connectivity index (χ0) is 12.4. The summed E-state index contributed by atoms with van der Waals surface area (Å²) in [5.74, 6) is -0.999. The molecule has 1 amide bonds. The lowest BCUT2D eigenvalue weighted by molar-refractivity contribution is 0.1000. The number of hydrogen-bond acceptors (Lipinski definition) is 2. The van der Waals surface area contributed by atoms with E-state index < -0.39 is 11.7 Å². The van der Waals surface area contributed by atoms with Crippen LogP contribution in [0.5, 0.6) is 0 Å². The highest BCUT2D eigenvalue weighted by Crippen LogP contribution is 2.28. The molecule has 0 spiro atoms. The Balaban J connectivity index is 2.56. The molecule has 0 saturated carbocycles. The number of nitrogens with zero attached hydrogens (tertiary/aromatic N) is 1. The van der Waals surface area contributed by atoms with Crippen LogP contribution in [0, 0.1) is 5.82 Å². The molecule has 1 heterocycles. The second-order valence-electron chi connectivity index (χ2n) is 3.45. The van der Waals surface area contributed by atoms with Gasteiger partial charge in [-0.3, -0.25) is 9.78 Å². The largest absolute Gasteiger partial charge is 0.366 e. The van der Waals surface area contributed by atoms with E-state index in [1.54, 1.807) is 0 Å². The monoisotopic (exact) mass is 250 g/mol. The molecule has 1 aromatic carbocycles. The highest BCUT2D eigenvalue weighted by molar-refractivity contribution is 6.33. The SMILES string of the molecule is NC(=O)c1cncc(-c2cc(F)ccc2Cl)c1. The number of rotatable bonds is 2. The first kappa shape index (κ1) is 11.5. The van der Waals surface area contributed by atoms with E-state index in [1.165, 1.54) is 36.7 Å². The van der Waals surface area contributed by atoms with E-state index in [4.69, 9.17) is 17.3 Å². The maximum atomic E-state index is 13.1. The van der Waals surface area contributed by atoms with E-state index in [2.05, 4.69) is 4.98 Å². The number of hydrogen-bond donors (Lipinski definition) is 1. The Morgan fingerprint density at radius 1 is 1.29 bits per heavy atom. The Bertz CT molecular complexity index is 586. The molecule has 0 unspecified atom stereocenters. The maximum Gasteiger partial charge on any atom is 0.250 e. The number of carbonyl (C=O) groups is 1. The lowest BCUT2D eigenvalue weighted by Crippen LogP contribution is -2.11. The van der Waals surface area contributed by atoms with Gasteiger partial charge >= 0.3 is 0 Å². The van der Waals surface area contributed by atoms with Crippen molar-refractivity contribution in [2.45, 2.75) is 0 Å². The summed E-state index contributed by atoms with van der Waals surface area (Å²) in [7, 11) is 0. The predicted octanol–water partition coefficient (Wildman–Crippen LogP) is 2.64. The van der Waals surface area contributed by atoms with Gasteiger partial charge in [0.2, 0.25) is 5.91 Å². The molecule has 0 aliphatic carbocycles. The van der Waals surface area contributed by atoms with Crippen LogP contribution in [-0.4, -0.2) is 10.9 Å². The van der Waals surface area contributed by atoms with Gasteiger partial charge in [0, 0.05) is 28.5 Å². The van der Waals surface area contributed by atoms with Crippen LogP contribution in [0.15, 0.2) is 36.7 Å². The van der Waals surface area contributed by atoms with Crippen molar-refractivity contribution < 1.29 is 9.18 Å². The van der Waals surface area contributed by atoms with Crippen molar-refractivity contribution in [1.82, 2.24) is 4.98 Å². The van der Waals surface area contributed by atoms with Crippen molar-refractivity contribution >= 4 is 17.5 Å². The Labute approximate surface area is 102 Å². The fraction of sp³-hybridized carbons (Fsp3) is 0. The number of primary amides is 1. The van der Waals surface area contributed by atoms with Crippen molar-refractivity contribution in [3.05, 3.63) is 53.1 Å². The Hall–Kier alpha value is -1.94. The fourth-order valence-electron chi connectivity index (χ4n) is 1.44. The fourth-order valence-corrected chi connectivity index (χ4v) is 1.67. The van der Waals surface area contributed by atoms with Gasteiger partial charge in [0.1, 0.15) is 5.82 Å². The normalized spacial score (nSPS) is 10.2. The third kappa shape index (κ3) is 2.42. The second kappa shape index (κ2) is 4.51.